The van der Waals surface area contributed by atoms with E-state index in [1.165, 1.54) is 0 Å². The second kappa shape index (κ2) is 10.3. The molecule has 3 heteroatoms. The van der Waals surface area contributed by atoms with Gasteiger partial charge in [-0.3, -0.25) is 0 Å². The molecule has 0 spiro atoms. The van der Waals surface area contributed by atoms with Gasteiger partial charge in [0.15, 0.2) is 6.29 Å². The third kappa shape index (κ3) is 7.91. The van der Waals surface area contributed by atoms with Crippen molar-refractivity contribution in [3.63, 3.8) is 0 Å². The van der Waals surface area contributed by atoms with Crippen molar-refractivity contribution in [3.8, 4) is 0 Å². The predicted molar refractivity (Wildman–Crippen MR) is 69.7 cm³/mol. The van der Waals surface area contributed by atoms with Crippen LogP contribution in [-0.4, -0.2) is 24.1 Å². The van der Waals surface area contributed by atoms with Crippen LogP contribution < -0.4 is 0 Å². The second-order valence-electron chi connectivity index (χ2n) is 3.49. The van der Waals surface area contributed by atoms with Crippen LogP contribution in [0.1, 0.15) is 33.3 Å². The molecule has 17 heavy (non-hydrogen) atoms. The Balaban J connectivity index is 0.00000121. The maximum atomic E-state index is 8.79. The van der Waals surface area contributed by atoms with E-state index in [9.17, 15) is 0 Å². The number of hydrogen-bond acceptors (Lipinski definition) is 3. The summed E-state index contributed by atoms with van der Waals surface area (Å²) < 4.78 is 10.8. The Morgan fingerprint density at radius 2 is 1.71 bits per heavy atom. The highest BCUT2D eigenvalue weighted by Gasteiger charge is 2.07. The summed E-state index contributed by atoms with van der Waals surface area (Å²) in [4.78, 5) is 0. The lowest BCUT2D eigenvalue weighted by atomic mass is 10.2. The summed E-state index contributed by atoms with van der Waals surface area (Å²) in [6.45, 7) is 8.18. The molecule has 0 saturated heterocycles. The third-order valence-corrected chi connectivity index (χ3v) is 2.01. The highest BCUT2D eigenvalue weighted by atomic mass is 16.7. The fourth-order valence-electron chi connectivity index (χ4n) is 1.20. The van der Waals surface area contributed by atoms with E-state index < -0.39 is 0 Å². The quantitative estimate of drug-likeness (QED) is 0.777. The van der Waals surface area contributed by atoms with Crippen LogP contribution in [0.25, 0.3) is 0 Å². The molecule has 2 unspecified atom stereocenters. The molecule has 3 nitrogen and oxygen atoms in total. The van der Waals surface area contributed by atoms with Crippen molar-refractivity contribution >= 4 is 0 Å². The smallest absolute Gasteiger partial charge is 0.155 e. The molecule has 1 aromatic rings. The third-order valence-electron chi connectivity index (χ3n) is 2.01. The van der Waals surface area contributed by atoms with Crippen LogP contribution in [0.5, 0.6) is 0 Å². The van der Waals surface area contributed by atoms with Crippen molar-refractivity contribution in [2.45, 2.75) is 46.7 Å². The Morgan fingerprint density at radius 1 is 1.12 bits per heavy atom. The Labute approximate surface area is 104 Å². The van der Waals surface area contributed by atoms with Crippen molar-refractivity contribution in [3.05, 3.63) is 35.9 Å². The molecule has 0 heterocycles. The van der Waals surface area contributed by atoms with Gasteiger partial charge in [0.05, 0.1) is 19.3 Å². The first kappa shape index (κ1) is 16.1. The molecule has 0 amide bonds. The molecule has 98 valence electrons. The normalized spacial score (nSPS) is 13.5. The first-order valence-electron chi connectivity index (χ1n) is 6.14. The van der Waals surface area contributed by atoms with E-state index in [-0.39, 0.29) is 19.0 Å². The van der Waals surface area contributed by atoms with Gasteiger partial charge in [0.1, 0.15) is 0 Å². The van der Waals surface area contributed by atoms with Gasteiger partial charge in [0, 0.05) is 0 Å². The molecule has 1 rings (SSSR count). The van der Waals surface area contributed by atoms with E-state index >= 15 is 0 Å². The van der Waals surface area contributed by atoms with Crippen molar-refractivity contribution in [1.82, 2.24) is 0 Å². The van der Waals surface area contributed by atoms with Crippen LogP contribution in [0.4, 0.5) is 0 Å². The Kier molecular flexibility index (Phi) is 9.72. The number of hydrogen-bond donors (Lipinski definition) is 1. The molecule has 2 atom stereocenters. The average molecular weight is 240 g/mol. The highest BCUT2D eigenvalue weighted by Crippen LogP contribution is 2.05. The lowest BCUT2D eigenvalue weighted by Gasteiger charge is -2.17. The van der Waals surface area contributed by atoms with E-state index in [2.05, 4.69) is 0 Å². The van der Waals surface area contributed by atoms with Gasteiger partial charge in [-0.1, -0.05) is 44.2 Å². The van der Waals surface area contributed by atoms with Crippen molar-refractivity contribution < 1.29 is 14.6 Å². The molecular weight excluding hydrogens is 216 g/mol. The molecule has 0 bridgehead atoms. The molecule has 0 aliphatic carbocycles. The minimum atomic E-state index is -0.299. The van der Waals surface area contributed by atoms with Gasteiger partial charge in [-0.2, -0.15) is 0 Å². The van der Waals surface area contributed by atoms with Crippen molar-refractivity contribution in [2.75, 3.05) is 6.61 Å². The summed E-state index contributed by atoms with van der Waals surface area (Å²) in [5, 5.41) is 8.79. The Bertz CT molecular complexity index is 261. The highest BCUT2D eigenvalue weighted by molar-refractivity contribution is 5.13. The minimum absolute atomic E-state index is 0.0129. The summed E-state index contributed by atoms with van der Waals surface area (Å²) in [5.41, 5.74) is 1.12. The molecule has 1 aromatic carbocycles. The number of benzene rings is 1. The fourth-order valence-corrected chi connectivity index (χ4v) is 1.20. The van der Waals surface area contributed by atoms with Crippen LogP contribution in [0.3, 0.4) is 0 Å². The van der Waals surface area contributed by atoms with Gasteiger partial charge < -0.3 is 14.6 Å². The maximum absolute atomic E-state index is 8.79. The molecule has 0 radical (unpaired) electrons. The van der Waals surface area contributed by atoms with Gasteiger partial charge in [-0.05, 0) is 19.4 Å². The molecule has 0 aliphatic rings. The van der Waals surface area contributed by atoms with Crippen LogP contribution in [0.15, 0.2) is 30.3 Å². The van der Waals surface area contributed by atoms with Crippen LogP contribution in [0, 0.1) is 0 Å². The molecular formula is C14H24O3. The average Bonchev–Trinajstić information content (AvgIpc) is 2.40. The second-order valence-corrected chi connectivity index (χ2v) is 3.49. The molecule has 1 N–H and O–H groups in total. The number of ether oxygens (including phenoxy) is 2. The molecule has 0 fully saturated rings. The van der Waals surface area contributed by atoms with Crippen LogP contribution in [-0.2, 0) is 16.1 Å². The van der Waals surface area contributed by atoms with Gasteiger partial charge in [-0.15, -0.1) is 0 Å². The number of rotatable bonds is 6. The van der Waals surface area contributed by atoms with E-state index in [1.54, 1.807) is 0 Å². The Hall–Kier alpha value is -0.900. The standard InChI is InChI=1S/C12H18O3.C2H6/c1-10(8-13)15-11(2)14-9-12-6-4-3-5-7-12;1-2/h3-7,10-11,13H,8-9H2,1-2H3;1-2H3. The summed E-state index contributed by atoms with van der Waals surface area (Å²) in [6, 6.07) is 9.92. The summed E-state index contributed by atoms with van der Waals surface area (Å²) >= 11 is 0. The van der Waals surface area contributed by atoms with E-state index in [1.807, 2.05) is 58.0 Å². The lowest BCUT2D eigenvalue weighted by molar-refractivity contribution is -0.169. The maximum Gasteiger partial charge on any atom is 0.155 e. The zero-order valence-electron chi connectivity index (χ0n) is 11.2. The zero-order chi connectivity index (χ0) is 13.1. The van der Waals surface area contributed by atoms with Gasteiger partial charge in [0.2, 0.25) is 0 Å². The van der Waals surface area contributed by atoms with Gasteiger partial charge >= 0.3 is 0 Å². The fraction of sp³-hybridized carbons (Fsp3) is 0.571. The Morgan fingerprint density at radius 3 is 2.24 bits per heavy atom. The van der Waals surface area contributed by atoms with Crippen LogP contribution >= 0.6 is 0 Å². The van der Waals surface area contributed by atoms with Gasteiger partial charge in [-0.25, -0.2) is 0 Å². The lowest BCUT2D eigenvalue weighted by Crippen LogP contribution is -2.22. The molecule has 0 saturated carbocycles. The van der Waals surface area contributed by atoms with Crippen molar-refractivity contribution in [2.24, 2.45) is 0 Å². The monoisotopic (exact) mass is 240 g/mol. The molecule has 0 aromatic heterocycles. The van der Waals surface area contributed by atoms with Gasteiger partial charge in [0.25, 0.3) is 0 Å². The SMILES string of the molecule is CC.CC(CO)OC(C)OCc1ccccc1. The summed E-state index contributed by atoms with van der Waals surface area (Å²) in [7, 11) is 0. The summed E-state index contributed by atoms with van der Waals surface area (Å²) in [5.74, 6) is 0. The number of aliphatic hydroxyl groups excluding tert-OH is 1. The zero-order valence-corrected chi connectivity index (χ0v) is 11.2. The van der Waals surface area contributed by atoms with E-state index in [4.69, 9.17) is 14.6 Å². The van der Waals surface area contributed by atoms with E-state index in [0.29, 0.717) is 6.61 Å². The first-order valence-corrected chi connectivity index (χ1v) is 6.14. The molecule has 0 aliphatic heterocycles. The van der Waals surface area contributed by atoms with E-state index in [0.717, 1.165) is 5.56 Å². The topological polar surface area (TPSA) is 38.7 Å². The minimum Gasteiger partial charge on any atom is -0.394 e. The first-order chi connectivity index (χ1) is 8.22. The van der Waals surface area contributed by atoms with Crippen LogP contribution in [0.2, 0.25) is 0 Å². The summed E-state index contributed by atoms with van der Waals surface area (Å²) in [6.07, 6.45) is -0.483. The van der Waals surface area contributed by atoms with Crippen molar-refractivity contribution in [1.29, 1.82) is 0 Å². The number of aliphatic hydroxyl groups is 1. The largest absolute Gasteiger partial charge is 0.394 e. The predicted octanol–water partition coefficient (Wildman–Crippen LogP) is 2.97.